The average molecular weight is 239 g/mol. The van der Waals surface area contributed by atoms with E-state index in [1.54, 1.807) is 26.4 Å². The van der Waals surface area contributed by atoms with Crippen LogP contribution in [0.2, 0.25) is 0 Å². The molecule has 0 aliphatic carbocycles. The number of nitrogens with two attached hydrogens (primary N) is 1. The van der Waals surface area contributed by atoms with Gasteiger partial charge in [0, 0.05) is 18.2 Å². The zero-order valence-electron chi connectivity index (χ0n) is 10.9. The molecular formula is C13H21NO3. The molecule has 17 heavy (non-hydrogen) atoms. The van der Waals surface area contributed by atoms with Crippen molar-refractivity contribution in [3.05, 3.63) is 17.7 Å². The van der Waals surface area contributed by atoms with Crippen molar-refractivity contribution in [3.63, 3.8) is 0 Å². The van der Waals surface area contributed by atoms with Gasteiger partial charge in [-0.3, -0.25) is 0 Å². The third-order valence-corrected chi connectivity index (χ3v) is 2.62. The van der Waals surface area contributed by atoms with E-state index in [9.17, 15) is 5.11 Å². The van der Waals surface area contributed by atoms with E-state index in [0.717, 1.165) is 12.0 Å². The minimum atomic E-state index is -0.166. The first kappa shape index (κ1) is 13.6. The summed E-state index contributed by atoms with van der Waals surface area (Å²) < 4.78 is 10.5. The van der Waals surface area contributed by atoms with Crippen LogP contribution in [0.5, 0.6) is 17.2 Å². The van der Waals surface area contributed by atoms with Crippen molar-refractivity contribution in [1.82, 2.24) is 0 Å². The summed E-state index contributed by atoms with van der Waals surface area (Å²) in [6.07, 6.45) is 0.831. The predicted octanol–water partition coefficient (Wildman–Crippen LogP) is 2.46. The number of hydrogen-bond donors (Lipinski definition) is 2. The van der Waals surface area contributed by atoms with E-state index in [1.165, 1.54) is 0 Å². The lowest BCUT2D eigenvalue weighted by Crippen LogP contribution is -2.15. The van der Waals surface area contributed by atoms with Crippen LogP contribution >= 0.6 is 0 Å². The maximum Gasteiger partial charge on any atom is 0.131 e. The fourth-order valence-corrected chi connectivity index (χ4v) is 1.92. The normalized spacial score (nSPS) is 12.6. The first-order valence-electron chi connectivity index (χ1n) is 5.70. The number of phenolic OH excluding ortho intramolecular Hbond substituents is 1. The number of rotatable bonds is 5. The highest BCUT2D eigenvalue weighted by molar-refractivity contribution is 5.51. The van der Waals surface area contributed by atoms with Gasteiger partial charge in [0.2, 0.25) is 0 Å². The summed E-state index contributed by atoms with van der Waals surface area (Å²) in [5.74, 6) is 1.72. The molecule has 0 aliphatic heterocycles. The molecule has 0 saturated carbocycles. The summed E-state index contributed by atoms with van der Waals surface area (Å²) in [6.45, 7) is 4.22. The highest BCUT2D eigenvalue weighted by atomic mass is 16.5. The fraction of sp³-hybridized carbons (Fsp3) is 0.538. The number of benzene rings is 1. The monoisotopic (exact) mass is 239 g/mol. The molecule has 0 amide bonds. The molecule has 1 aromatic carbocycles. The van der Waals surface area contributed by atoms with E-state index in [-0.39, 0.29) is 11.8 Å². The summed E-state index contributed by atoms with van der Waals surface area (Å²) >= 11 is 0. The lowest BCUT2D eigenvalue weighted by molar-refractivity contribution is 0.364. The minimum absolute atomic E-state index is 0.110. The fourth-order valence-electron chi connectivity index (χ4n) is 1.92. The van der Waals surface area contributed by atoms with E-state index < -0.39 is 0 Å². The Balaban J connectivity index is 3.18. The van der Waals surface area contributed by atoms with Gasteiger partial charge in [0.05, 0.1) is 19.8 Å². The number of phenols is 1. The van der Waals surface area contributed by atoms with Gasteiger partial charge in [-0.25, -0.2) is 0 Å². The van der Waals surface area contributed by atoms with Crippen LogP contribution in [0.4, 0.5) is 0 Å². The van der Waals surface area contributed by atoms with Crippen LogP contribution in [-0.4, -0.2) is 19.3 Å². The highest BCUT2D eigenvalue weighted by Crippen LogP contribution is 2.38. The van der Waals surface area contributed by atoms with Crippen LogP contribution in [0.1, 0.15) is 31.9 Å². The lowest BCUT2D eigenvalue weighted by atomic mass is 9.96. The summed E-state index contributed by atoms with van der Waals surface area (Å²) in [6, 6.07) is 2.94. The molecule has 1 rings (SSSR count). The molecular weight excluding hydrogens is 218 g/mol. The molecule has 0 bridgehead atoms. The van der Waals surface area contributed by atoms with Crippen LogP contribution in [0, 0.1) is 5.92 Å². The van der Waals surface area contributed by atoms with Crippen molar-refractivity contribution in [1.29, 1.82) is 0 Å². The standard InChI is InChI=1S/C13H21NO3/c1-8(2)5-10(14)13-11(16-3)6-9(15)7-12(13)17-4/h6-8,10,15H,5,14H2,1-4H3/t10-/m1/s1. The van der Waals surface area contributed by atoms with Crippen LogP contribution in [0.25, 0.3) is 0 Å². The molecule has 0 spiro atoms. The maximum atomic E-state index is 9.54. The SMILES string of the molecule is COc1cc(O)cc(OC)c1[C@H](N)CC(C)C. The molecule has 0 radical (unpaired) electrons. The van der Waals surface area contributed by atoms with Crippen molar-refractivity contribution in [2.75, 3.05) is 14.2 Å². The Labute approximate surface area is 102 Å². The van der Waals surface area contributed by atoms with Crippen LogP contribution < -0.4 is 15.2 Å². The molecule has 0 fully saturated rings. The topological polar surface area (TPSA) is 64.7 Å². The van der Waals surface area contributed by atoms with Crippen molar-refractivity contribution in [3.8, 4) is 17.2 Å². The van der Waals surface area contributed by atoms with Gasteiger partial charge in [-0.15, -0.1) is 0 Å². The quantitative estimate of drug-likeness (QED) is 0.828. The zero-order valence-corrected chi connectivity index (χ0v) is 10.9. The Hall–Kier alpha value is -1.42. The molecule has 0 unspecified atom stereocenters. The lowest BCUT2D eigenvalue weighted by Gasteiger charge is -2.20. The first-order chi connectivity index (χ1) is 7.99. The van der Waals surface area contributed by atoms with E-state index in [0.29, 0.717) is 17.4 Å². The van der Waals surface area contributed by atoms with Crippen LogP contribution in [0.3, 0.4) is 0 Å². The predicted molar refractivity (Wildman–Crippen MR) is 67.6 cm³/mol. The van der Waals surface area contributed by atoms with Gasteiger partial charge in [0.25, 0.3) is 0 Å². The molecule has 1 aromatic rings. The van der Waals surface area contributed by atoms with E-state index >= 15 is 0 Å². The van der Waals surface area contributed by atoms with Crippen molar-refractivity contribution in [2.24, 2.45) is 11.7 Å². The summed E-state index contributed by atoms with van der Waals surface area (Å²) in [5, 5.41) is 9.54. The molecule has 96 valence electrons. The van der Waals surface area contributed by atoms with E-state index in [1.807, 2.05) is 0 Å². The van der Waals surface area contributed by atoms with E-state index in [4.69, 9.17) is 15.2 Å². The molecule has 3 N–H and O–H groups in total. The van der Waals surface area contributed by atoms with Crippen molar-refractivity contribution in [2.45, 2.75) is 26.3 Å². The molecule has 0 saturated heterocycles. The van der Waals surface area contributed by atoms with Gasteiger partial charge in [0.1, 0.15) is 17.2 Å². The number of ether oxygens (including phenoxy) is 2. The summed E-state index contributed by atoms with van der Waals surface area (Å²) in [4.78, 5) is 0. The Kier molecular flexibility index (Phi) is 4.63. The molecule has 4 heteroatoms. The van der Waals surface area contributed by atoms with Crippen molar-refractivity contribution >= 4 is 0 Å². The third-order valence-electron chi connectivity index (χ3n) is 2.62. The maximum absolute atomic E-state index is 9.54. The Morgan fingerprint density at radius 3 is 2.00 bits per heavy atom. The molecule has 0 aliphatic rings. The van der Waals surface area contributed by atoms with Crippen molar-refractivity contribution < 1.29 is 14.6 Å². The molecule has 4 nitrogen and oxygen atoms in total. The van der Waals surface area contributed by atoms with Gasteiger partial charge >= 0.3 is 0 Å². The average Bonchev–Trinajstić information content (AvgIpc) is 2.26. The molecule has 0 aromatic heterocycles. The number of methoxy groups -OCH3 is 2. The second-order valence-corrected chi connectivity index (χ2v) is 4.50. The highest BCUT2D eigenvalue weighted by Gasteiger charge is 2.19. The first-order valence-corrected chi connectivity index (χ1v) is 5.70. The molecule has 0 heterocycles. The Morgan fingerprint density at radius 1 is 1.18 bits per heavy atom. The Bertz CT molecular complexity index is 352. The number of hydrogen-bond acceptors (Lipinski definition) is 4. The zero-order chi connectivity index (χ0) is 13.0. The number of aromatic hydroxyl groups is 1. The van der Waals surface area contributed by atoms with Gasteiger partial charge in [-0.2, -0.15) is 0 Å². The summed E-state index contributed by atoms with van der Waals surface area (Å²) in [5.41, 5.74) is 6.96. The smallest absolute Gasteiger partial charge is 0.131 e. The van der Waals surface area contributed by atoms with Gasteiger partial charge in [-0.05, 0) is 12.3 Å². The Morgan fingerprint density at radius 2 is 1.65 bits per heavy atom. The largest absolute Gasteiger partial charge is 0.508 e. The van der Waals surface area contributed by atoms with E-state index in [2.05, 4.69) is 13.8 Å². The minimum Gasteiger partial charge on any atom is -0.508 e. The van der Waals surface area contributed by atoms with Gasteiger partial charge in [0.15, 0.2) is 0 Å². The second kappa shape index (κ2) is 5.77. The summed E-state index contributed by atoms with van der Waals surface area (Å²) in [7, 11) is 3.11. The van der Waals surface area contributed by atoms with Gasteiger partial charge < -0.3 is 20.3 Å². The second-order valence-electron chi connectivity index (χ2n) is 4.50. The van der Waals surface area contributed by atoms with Crippen LogP contribution in [0.15, 0.2) is 12.1 Å². The van der Waals surface area contributed by atoms with Gasteiger partial charge in [-0.1, -0.05) is 13.8 Å². The third kappa shape index (κ3) is 3.27. The molecule has 1 atom stereocenters. The van der Waals surface area contributed by atoms with Crippen LogP contribution in [-0.2, 0) is 0 Å².